The van der Waals surface area contributed by atoms with Gasteiger partial charge in [-0.25, -0.2) is 4.98 Å². The van der Waals surface area contributed by atoms with E-state index in [1.165, 1.54) is 10.9 Å². The number of hydrogen-bond donors (Lipinski definition) is 1. The molecule has 1 aromatic carbocycles. The van der Waals surface area contributed by atoms with E-state index >= 15 is 0 Å². The number of H-pyrrole nitrogens is 1. The smallest absolute Gasteiger partial charge is 0.213 e. The standard InChI is InChI=1S/C17H15N5S/c1-10(2)16-14(8-18)22-17(20-16)23-15(21-22)7-11-9-19-13-6-4-3-5-12(11)13/h3-6,9-10,19H,7H2,1-2H3. The number of benzene rings is 1. The van der Waals surface area contributed by atoms with Gasteiger partial charge in [0.15, 0.2) is 5.69 Å². The lowest BCUT2D eigenvalue weighted by molar-refractivity contribution is 0.819. The van der Waals surface area contributed by atoms with Gasteiger partial charge in [0, 0.05) is 23.5 Å². The minimum Gasteiger partial charge on any atom is -0.361 e. The molecule has 114 valence electrons. The van der Waals surface area contributed by atoms with Gasteiger partial charge in [-0.1, -0.05) is 43.4 Å². The van der Waals surface area contributed by atoms with Crippen LogP contribution in [0.15, 0.2) is 30.5 Å². The molecule has 5 nitrogen and oxygen atoms in total. The summed E-state index contributed by atoms with van der Waals surface area (Å²) in [5.41, 5.74) is 3.71. The number of para-hydroxylation sites is 1. The van der Waals surface area contributed by atoms with E-state index in [1.807, 2.05) is 32.2 Å². The average Bonchev–Trinajstić information content (AvgIpc) is 3.20. The Morgan fingerprint density at radius 2 is 2.17 bits per heavy atom. The summed E-state index contributed by atoms with van der Waals surface area (Å²) in [5, 5.41) is 16.2. The number of hydrogen-bond acceptors (Lipinski definition) is 4. The first-order valence-corrected chi connectivity index (χ1v) is 8.32. The van der Waals surface area contributed by atoms with E-state index < -0.39 is 0 Å². The van der Waals surface area contributed by atoms with Crippen molar-refractivity contribution in [3.8, 4) is 6.07 Å². The third-order valence-corrected chi connectivity index (χ3v) is 4.85. The number of rotatable bonds is 3. The summed E-state index contributed by atoms with van der Waals surface area (Å²) in [7, 11) is 0. The predicted octanol–water partition coefficient (Wildman–Crippen LogP) is 3.86. The van der Waals surface area contributed by atoms with Gasteiger partial charge in [-0.3, -0.25) is 0 Å². The maximum atomic E-state index is 9.41. The summed E-state index contributed by atoms with van der Waals surface area (Å²) in [4.78, 5) is 8.66. The van der Waals surface area contributed by atoms with Crippen LogP contribution in [-0.4, -0.2) is 19.6 Å². The maximum Gasteiger partial charge on any atom is 0.213 e. The Morgan fingerprint density at radius 1 is 1.35 bits per heavy atom. The van der Waals surface area contributed by atoms with Crippen molar-refractivity contribution in [3.05, 3.63) is 52.4 Å². The molecule has 0 saturated heterocycles. The minimum atomic E-state index is 0.218. The average molecular weight is 321 g/mol. The molecule has 0 bridgehead atoms. The Kier molecular flexibility index (Phi) is 3.17. The molecule has 3 heterocycles. The van der Waals surface area contributed by atoms with Crippen molar-refractivity contribution in [2.24, 2.45) is 0 Å². The molecule has 0 radical (unpaired) electrons. The lowest BCUT2D eigenvalue weighted by Crippen LogP contribution is -1.96. The van der Waals surface area contributed by atoms with E-state index in [-0.39, 0.29) is 5.92 Å². The van der Waals surface area contributed by atoms with E-state index in [2.05, 4.69) is 33.3 Å². The molecular formula is C17H15N5S. The second-order valence-electron chi connectivity index (χ2n) is 5.84. The lowest BCUT2D eigenvalue weighted by Gasteiger charge is -1.99. The molecule has 6 heteroatoms. The zero-order valence-corrected chi connectivity index (χ0v) is 13.7. The number of imidazole rings is 1. The highest BCUT2D eigenvalue weighted by atomic mass is 32.1. The molecule has 0 aliphatic carbocycles. The van der Waals surface area contributed by atoms with Crippen molar-refractivity contribution >= 4 is 27.2 Å². The maximum absolute atomic E-state index is 9.41. The van der Waals surface area contributed by atoms with Crippen LogP contribution in [0.3, 0.4) is 0 Å². The Morgan fingerprint density at radius 3 is 2.96 bits per heavy atom. The third-order valence-electron chi connectivity index (χ3n) is 3.94. The Bertz CT molecular complexity index is 1040. The van der Waals surface area contributed by atoms with E-state index in [0.717, 1.165) is 27.6 Å². The Balaban J connectivity index is 1.76. The monoisotopic (exact) mass is 321 g/mol. The first kappa shape index (κ1) is 14.0. The van der Waals surface area contributed by atoms with Gasteiger partial charge in [-0.2, -0.15) is 14.9 Å². The molecule has 4 aromatic rings. The summed E-state index contributed by atoms with van der Waals surface area (Å²) in [6, 6.07) is 10.5. The van der Waals surface area contributed by atoms with Gasteiger partial charge in [0.2, 0.25) is 4.96 Å². The van der Waals surface area contributed by atoms with Gasteiger partial charge in [-0.05, 0) is 17.5 Å². The number of fused-ring (bicyclic) bond motifs is 2. The van der Waals surface area contributed by atoms with Gasteiger partial charge in [0.25, 0.3) is 0 Å². The molecule has 0 saturated carbocycles. The number of nitriles is 1. The summed E-state index contributed by atoms with van der Waals surface area (Å²) < 4.78 is 1.68. The van der Waals surface area contributed by atoms with E-state index in [1.54, 1.807) is 15.9 Å². The van der Waals surface area contributed by atoms with Crippen molar-refractivity contribution in [2.45, 2.75) is 26.2 Å². The fraction of sp³-hybridized carbons (Fsp3) is 0.235. The van der Waals surface area contributed by atoms with Gasteiger partial charge in [0.1, 0.15) is 11.1 Å². The van der Waals surface area contributed by atoms with Gasteiger partial charge < -0.3 is 4.98 Å². The van der Waals surface area contributed by atoms with Crippen molar-refractivity contribution in [3.63, 3.8) is 0 Å². The Hall–Kier alpha value is -2.65. The van der Waals surface area contributed by atoms with Crippen LogP contribution in [0, 0.1) is 11.3 Å². The quantitative estimate of drug-likeness (QED) is 0.623. The molecule has 0 spiro atoms. The predicted molar refractivity (Wildman–Crippen MR) is 90.8 cm³/mol. The molecule has 0 atom stereocenters. The topological polar surface area (TPSA) is 69.8 Å². The summed E-state index contributed by atoms with van der Waals surface area (Å²) in [6.45, 7) is 4.08. The van der Waals surface area contributed by atoms with Gasteiger partial charge >= 0.3 is 0 Å². The van der Waals surface area contributed by atoms with Crippen LogP contribution in [-0.2, 0) is 6.42 Å². The van der Waals surface area contributed by atoms with Crippen LogP contribution in [0.2, 0.25) is 0 Å². The number of nitrogens with zero attached hydrogens (tertiary/aromatic N) is 4. The van der Waals surface area contributed by atoms with Crippen LogP contribution < -0.4 is 0 Å². The minimum absolute atomic E-state index is 0.218. The summed E-state index contributed by atoms with van der Waals surface area (Å²) in [5.74, 6) is 0.218. The first-order valence-electron chi connectivity index (χ1n) is 7.51. The fourth-order valence-corrected chi connectivity index (χ4v) is 3.75. The third kappa shape index (κ3) is 2.21. The van der Waals surface area contributed by atoms with Crippen LogP contribution in [0.25, 0.3) is 15.9 Å². The highest BCUT2D eigenvalue weighted by Gasteiger charge is 2.19. The highest BCUT2D eigenvalue weighted by molar-refractivity contribution is 7.16. The first-order chi connectivity index (χ1) is 11.2. The van der Waals surface area contributed by atoms with Crippen LogP contribution in [0.4, 0.5) is 0 Å². The molecule has 0 amide bonds. The number of aromatic nitrogens is 4. The summed E-state index contributed by atoms with van der Waals surface area (Å²) >= 11 is 1.55. The molecule has 0 fully saturated rings. The van der Waals surface area contributed by atoms with E-state index in [0.29, 0.717) is 5.69 Å². The van der Waals surface area contributed by atoms with E-state index in [4.69, 9.17) is 0 Å². The van der Waals surface area contributed by atoms with E-state index in [9.17, 15) is 5.26 Å². The van der Waals surface area contributed by atoms with Gasteiger partial charge in [-0.15, -0.1) is 0 Å². The molecule has 0 aliphatic heterocycles. The SMILES string of the molecule is CC(C)c1nc2sc(Cc3c[nH]c4ccccc34)nn2c1C#N. The molecule has 23 heavy (non-hydrogen) atoms. The van der Waals surface area contributed by atoms with Crippen LogP contribution in [0.1, 0.15) is 41.7 Å². The van der Waals surface area contributed by atoms with Crippen LogP contribution >= 0.6 is 11.3 Å². The van der Waals surface area contributed by atoms with Crippen molar-refractivity contribution in [1.29, 1.82) is 5.26 Å². The molecular weight excluding hydrogens is 306 g/mol. The second-order valence-corrected chi connectivity index (χ2v) is 6.88. The molecule has 1 N–H and O–H groups in total. The van der Waals surface area contributed by atoms with Gasteiger partial charge in [0.05, 0.1) is 5.69 Å². The fourth-order valence-electron chi connectivity index (χ4n) is 2.82. The summed E-state index contributed by atoms with van der Waals surface area (Å²) in [6.07, 6.45) is 2.76. The zero-order valence-electron chi connectivity index (χ0n) is 12.9. The second kappa shape index (κ2) is 5.21. The van der Waals surface area contributed by atoms with Crippen molar-refractivity contribution < 1.29 is 0 Å². The largest absolute Gasteiger partial charge is 0.361 e. The van der Waals surface area contributed by atoms with Crippen molar-refractivity contribution in [1.82, 2.24) is 19.6 Å². The Labute approximate surface area is 137 Å². The normalized spacial score (nSPS) is 11.6. The molecule has 4 rings (SSSR count). The van der Waals surface area contributed by atoms with Crippen LogP contribution in [0.5, 0.6) is 0 Å². The molecule has 0 unspecified atom stereocenters. The molecule has 3 aromatic heterocycles. The number of nitrogens with one attached hydrogen (secondary N) is 1. The lowest BCUT2D eigenvalue weighted by atomic mass is 10.1. The highest BCUT2D eigenvalue weighted by Crippen LogP contribution is 2.26. The van der Waals surface area contributed by atoms with Crippen molar-refractivity contribution in [2.75, 3.05) is 0 Å². The zero-order chi connectivity index (χ0) is 16.0. The molecule has 0 aliphatic rings. The number of aromatic amines is 1.